The van der Waals surface area contributed by atoms with Gasteiger partial charge in [0.2, 0.25) is 0 Å². The number of benzene rings is 2. The number of ether oxygens (including phenoxy) is 2. The highest BCUT2D eigenvalue weighted by Gasteiger charge is 2.35. The molecular formula is C58H88O4. The van der Waals surface area contributed by atoms with Crippen molar-refractivity contribution >= 4 is 0 Å². The van der Waals surface area contributed by atoms with Gasteiger partial charge in [-0.15, -0.1) is 0 Å². The normalized spacial score (nSPS) is 19.2. The van der Waals surface area contributed by atoms with Crippen LogP contribution in [0.5, 0.6) is 23.0 Å². The second kappa shape index (κ2) is 24.8. The molecule has 0 radical (unpaired) electrons. The van der Waals surface area contributed by atoms with Crippen molar-refractivity contribution in [2.45, 2.75) is 224 Å². The first-order valence-electron chi connectivity index (χ1n) is 24.1. The van der Waals surface area contributed by atoms with E-state index >= 15 is 0 Å². The molecular weight excluding hydrogens is 761 g/mol. The maximum atomic E-state index is 10.7. The van der Waals surface area contributed by atoms with Crippen molar-refractivity contribution < 1.29 is 19.7 Å². The SMILES string of the molecule is CC(C)=CCC/C(C)=C/CC/C(C)=C/CCC1(C)CCc2c(C)c(O)c(C(C)C)c(C)c2O1.CC(C)=CCC/C(C)=C/CC/C(C)=C/CCC1(C)CCc2cc(O)cc(C)c2O1. The monoisotopic (exact) mass is 849 g/mol. The van der Waals surface area contributed by atoms with E-state index in [9.17, 15) is 10.2 Å². The summed E-state index contributed by atoms with van der Waals surface area (Å²) in [6.07, 6.45) is 31.5. The number of aromatic hydroxyl groups is 2. The zero-order valence-corrected chi connectivity index (χ0v) is 42.2. The fraction of sp³-hybridized carbons (Fsp3) is 0.586. The molecule has 4 heteroatoms. The summed E-state index contributed by atoms with van der Waals surface area (Å²) >= 11 is 0. The minimum atomic E-state index is -0.145. The fourth-order valence-corrected chi connectivity index (χ4v) is 9.01. The average molecular weight is 849 g/mol. The Hall–Kier alpha value is -3.92. The Morgan fingerprint density at radius 2 is 1.00 bits per heavy atom. The first-order valence-corrected chi connectivity index (χ1v) is 24.1. The van der Waals surface area contributed by atoms with Crippen molar-refractivity contribution in [3.63, 3.8) is 0 Å². The van der Waals surface area contributed by atoms with Crippen LogP contribution in [0.2, 0.25) is 0 Å². The number of aryl methyl sites for hydroxylation is 2. The third-order valence-corrected chi connectivity index (χ3v) is 13.1. The quantitative estimate of drug-likeness (QED) is 0.138. The Morgan fingerprint density at radius 1 is 0.581 bits per heavy atom. The first-order chi connectivity index (χ1) is 29.1. The Kier molecular flexibility index (Phi) is 21.0. The Balaban J connectivity index is 0.000000333. The van der Waals surface area contributed by atoms with Crippen molar-refractivity contribution in [3.05, 3.63) is 115 Å². The van der Waals surface area contributed by atoms with E-state index in [-0.39, 0.29) is 17.1 Å². The number of phenolic OH excluding ortho intramolecular Hbond substituents is 2. The molecule has 344 valence electrons. The Morgan fingerprint density at radius 3 is 1.45 bits per heavy atom. The van der Waals surface area contributed by atoms with Crippen molar-refractivity contribution in [2.24, 2.45) is 0 Å². The van der Waals surface area contributed by atoms with Gasteiger partial charge in [0, 0.05) is 11.1 Å². The molecule has 2 atom stereocenters. The van der Waals surface area contributed by atoms with Gasteiger partial charge in [-0.3, -0.25) is 0 Å². The molecule has 0 saturated carbocycles. The predicted molar refractivity (Wildman–Crippen MR) is 269 cm³/mol. The molecule has 2 aromatic carbocycles. The van der Waals surface area contributed by atoms with Gasteiger partial charge in [0.15, 0.2) is 0 Å². The van der Waals surface area contributed by atoms with E-state index in [1.807, 2.05) is 19.9 Å². The second-order valence-corrected chi connectivity index (χ2v) is 20.3. The number of phenols is 2. The lowest BCUT2D eigenvalue weighted by Gasteiger charge is -2.38. The largest absolute Gasteiger partial charge is 0.508 e. The molecule has 2 N–H and O–H groups in total. The third-order valence-electron chi connectivity index (χ3n) is 13.1. The first kappa shape index (κ1) is 52.4. The maximum absolute atomic E-state index is 10.7. The lowest BCUT2D eigenvalue weighted by Crippen LogP contribution is -2.37. The number of hydrogen-bond acceptors (Lipinski definition) is 4. The van der Waals surface area contributed by atoms with E-state index < -0.39 is 0 Å². The number of rotatable bonds is 19. The van der Waals surface area contributed by atoms with Crippen LogP contribution in [0, 0.1) is 20.8 Å². The van der Waals surface area contributed by atoms with Gasteiger partial charge in [-0.2, -0.15) is 0 Å². The molecule has 4 nitrogen and oxygen atoms in total. The zero-order chi connectivity index (χ0) is 46.2. The Bertz CT molecular complexity index is 1970. The standard InChI is InChI=1S/C31H48O2.C27H40O2/c1-21(2)13-10-14-23(5)15-11-16-24(6)17-12-19-31(9)20-18-27-25(7)29(32)28(22(3)4)26(8)30(27)33-31;1-20(2)10-7-11-21(3)12-8-13-22(4)14-9-16-27(6)17-15-24-19-25(28)18-23(5)26(24)29-27/h13,15,17,22,32H,10-12,14,16,18-20H2,1-9H3;10,12,14,18-19,28H,7-9,11,13,15-17H2,1-6H3/b23-15+,24-17+;21-12+,22-14+. The molecule has 0 saturated heterocycles. The van der Waals surface area contributed by atoms with Gasteiger partial charge in [-0.25, -0.2) is 0 Å². The van der Waals surface area contributed by atoms with Gasteiger partial charge < -0.3 is 19.7 Å². The topological polar surface area (TPSA) is 58.9 Å². The van der Waals surface area contributed by atoms with Crippen molar-refractivity contribution in [1.82, 2.24) is 0 Å². The minimum Gasteiger partial charge on any atom is -0.508 e. The van der Waals surface area contributed by atoms with E-state index in [0.29, 0.717) is 11.5 Å². The fourth-order valence-electron chi connectivity index (χ4n) is 9.01. The van der Waals surface area contributed by atoms with Crippen LogP contribution in [-0.2, 0) is 12.8 Å². The maximum Gasteiger partial charge on any atom is 0.127 e. The summed E-state index contributed by atoms with van der Waals surface area (Å²) in [6, 6.07) is 3.64. The van der Waals surface area contributed by atoms with Crippen molar-refractivity contribution in [3.8, 4) is 23.0 Å². The van der Waals surface area contributed by atoms with Gasteiger partial charge in [0.25, 0.3) is 0 Å². The highest BCUT2D eigenvalue weighted by Crippen LogP contribution is 2.47. The molecule has 2 unspecified atom stereocenters. The van der Waals surface area contributed by atoms with Gasteiger partial charge in [0.05, 0.1) is 0 Å². The molecule has 2 aliphatic heterocycles. The zero-order valence-electron chi connectivity index (χ0n) is 42.2. The summed E-state index contributed by atoms with van der Waals surface area (Å²) in [7, 11) is 0. The van der Waals surface area contributed by atoms with Crippen LogP contribution in [0.3, 0.4) is 0 Å². The molecule has 0 amide bonds. The molecule has 2 aliphatic rings. The van der Waals surface area contributed by atoms with E-state index in [0.717, 1.165) is 129 Å². The average Bonchev–Trinajstić information content (AvgIpc) is 3.17. The number of hydrogen-bond donors (Lipinski definition) is 2. The van der Waals surface area contributed by atoms with E-state index in [1.165, 1.54) is 51.8 Å². The summed E-state index contributed by atoms with van der Waals surface area (Å²) in [6.45, 7) is 32.6. The highest BCUT2D eigenvalue weighted by molar-refractivity contribution is 5.60. The van der Waals surface area contributed by atoms with Crippen LogP contribution in [0.4, 0.5) is 0 Å². The molecule has 0 spiro atoms. The van der Waals surface area contributed by atoms with Crippen LogP contribution in [-0.4, -0.2) is 21.4 Å². The smallest absolute Gasteiger partial charge is 0.127 e. The van der Waals surface area contributed by atoms with Gasteiger partial charge in [-0.05, 0) is 233 Å². The lowest BCUT2D eigenvalue weighted by atomic mass is 9.83. The Labute approximate surface area is 380 Å². The molecule has 62 heavy (non-hydrogen) atoms. The molecule has 2 heterocycles. The summed E-state index contributed by atoms with van der Waals surface area (Å²) in [4.78, 5) is 0. The molecule has 0 bridgehead atoms. The van der Waals surface area contributed by atoms with Crippen LogP contribution in [0.25, 0.3) is 0 Å². The van der Waals surface area contributed by atoms with E-state index in [4.69, 9.17) is 9.47 Å². The van der Waals surface area contributed by atoms with Crippen molar-refractivity contribution in [2.75, 3.05) is 0 Å². The van der Waals surface area contributed by atoms with Crippen LogP contribution < -0.4 is 9.47 Å². The number of fused-ring (bicyclic) bond motifs is 2. The van der Waals surface area contributed by atoms with E-state index in [2.05, 4.69) is 126 Å². The van der Waals surface area contributed by atoms with Gasteiger partial charge in [0.1, 0.15) is 34.2 Å². The van der Waals surface area contributed by atoms with Crippen LogP contribution >= 0.6 is 0 Å². The van der Waals surface area contributed by atoms with Crippen molar-refractivity contribution in [1.29, 1.82) is 0 Å². The number of allylic oxidation sites excluding steroid dienone is 12. The highest BCUT2D eigenvalue weighted by atomic mass is 16.5. The third kappa shape index (κ3) is 17.0. The summed E-state index contributed by atoms with van der Waals surface area (Å²) in [5, 5.41) is 20.5. The minimum absolute atomic E-state index is 0.118. The summed E-state index contributed by atoms with van der Waals surface area (Å²) < 4.78 is 13.1. The molecule has 0 fully saturated rings. The molecule has 4 rings (SSSR count). The predicted octanol–water partition coefficient (Wildman–Crippen LogP) is 17.4. The lowest BCUT2D eigenvalue weighted by molar-refractivity contribution is 0.0556. The van der Waals surface area contributed by atoms with Gasteiger partial charge >= 0.3 is 0 Å². The summed E-state index contributed by atoms with van der Waals surface area (Å²) in [5.41, 5.74) is 15.0. The van der Waals surface area contributed by atoms with Gasteiger partial charge in [-0.1, -0.05) is 83.7 Å². The van der Waals surface area contributed by atoms with E-state index in [1.54, 1.807) is 6.07 Å². The molecule has 0 aromatic heterocycles. The molecule has 0 aliphatic carbocycles. The second-order valence-electron chi connectivity index (χ2n) is 20.3. The molecule has 2 aromatic rings. The van der Waals surface area contributed by atoms with Crippen LogP contribution in [0.15, 0.2) is 82.0 Å². The van der Waals surface area contributed by atoms with Crippen LogP contribution in [0.1, 0.15) is 212 Å². The summed E-state index contributed by atoms with van der Waals surface area (Å²) in [5.74, 6) is 3.09.